The fourth-order valence-corrected chi connectivity index (χ4v) is 3.58. The first-order chi connectivity index (χ1) is 12.7. The molecule has 0 spiro atoms. The molecule has 0 aliphatic rings. The average molecular weight is 388 g/mol. The molecule has 3 rings (SSSR count). The van der Waals surface area contributed by atoms with Gasteiger partial charge in [-0.05, 0) is 48.2 Å². The normalized spacial score (nSPS) is 10.7. The second-order valence-electron chi connectivity index (χ2n) is 5.56. The lowest BCUT2D eigenvalue weighted by Crippen LogP contribution is -2.04. The third-order valence-electron chi connectivity index (χ3n) is 3.88. The van der Waals surface area contributed by atoms with E-state index in [4.69, 9.17) is 9.47 Å². The quantitative estimate of drug-likeness (QED) is 0.534. The van der Waals surface area contributed by atoms with Crippen molar-refractivity contribution < 1.29 is 9.47 Å². The molecule has 0 bridgehead atoms. The first-order valence-corrected chi connectivity index (χ1v) is 10.3. The summed E-state index contributed by atoms with van der Waals surface area (Å²) in [6.07, 6.45) is 2.08. The van der Waals surface area contributed by atoms with Crippen molar-refractivity contribution in [2.24, 2.45) is 7.05 Å². The number of aromatic nitrogens is 3. The first-order valence-electron chi connectivity index (χ1n) is 8.10. The molecule has 0 aliphatic carbocycles. The summed E-state index contributed by atoms with van der Waals surface area (Å²) in [4.78, 5) is 1.27. The third-order valence-corrected chi connectivity index (χ3v) is 5.71. The summed E-state index contributed by atoms with van der Waals surface area (Å²) in [7, 11) is 3.61. The zero-order valence-corrected chi connectivity index (χ0v) is 16.6. The van der Waals surface area contributed by atoms with Gasteiger partial charge in [0.2, 0.25) is 0 Å². The molecule has 1 heterocycles. The Hall–Kier alpha value is -2.12. The minimum Gasteiger partial charge on any atom is -0.497 e. The van der Waals surface area contributed by atoms with E-state index >= 15 is 0 Å². The number of hydrogen-bond acceptors (Lipinski definition) is 6. The second-order valence-corrected chi connectivity index (χ2v) is 7.38. The predicted octanol–water partition coefficient (Wildman–Crippen LogP) is 4.42. The van der Waals surface area contributed by atoms with E-state index in [1.54, 1.807) is 30.6 Å². The monoisotopic (exact) mass is 387 g/mol. The topological polar surface area (TPSA) is 49.2 Å². The number of nitrogens with zero attached hydrogens (tertiary/aromatic N) is 3. The Morgan fingerprint density at radius 1 is 0.962 bits per heavy atom. The van der Waals surface area contributed by atoms with Crippen LogP contribution in [0.4, 0.5) is 0 Å². The molecule has 0 fully saturated rings. The minimum absolute atomic E-state index is 0.374. The summed E-state index contributed by atoms with van der Waals surface area (Å²) in [5, 5.41) is 9.40. The predicted molar refractivity (Wildman–Crippen MR) is 106 cm³/mol. The van der Waals surface area contributed by atoms with Crippen LogP contribution in [0.3, 0.4) is 0 Å². The zero-order chi connectivity index (χ0) is 18.4. The summed E-state index contributed by atoms with van der Waals surface area (Å²) in [6.45, 7) is 0.374. The molecule has 0 aliphatic heterocycles. The highest BCUT2D eigenvalue weighted by molar-refractivity contribution is 7.98. The third kappa shape index (κ3) is 4.74. The van der Waals surface area contributed by atoms with Gasteiger partial charge in [-0.1, -0.05) is 23.9 Å². The molecule has 0 N–H and O–H groups in total. The van der Waals surface area contributed by atoms with Crippen molar-refractivity contribution in [1.82, 2.24) is 14.8 Å². The van der Waals surface area contributed by atoms with Gasteiger partial charge in [0.15, 0.2) is 11.0 Å². The summed E-state index contributed by atoms with van der Waals surface area (Å²) in [6, 6.07) is 16.1. The van der Waals surface area contributed by atoms with Gasteiger partial charge >= 0.3 is 0 Å². The average Bonchev–Trinajstić information content (AvgIpc) is 3.05. The number of ether oxygens (including phenoxy) is 2. The van der Waals surface area contributed by atoms with Crippen molar-refractivity contribution in [3.63, 3.8) is 0 Å². The molecule has 26 heavy (non-hydrogen) atoms. The molecule has 0 amide bonds. The Bertz CT molecular complexity index is 764. The Morgan fingerprint density at radius 2 is 1.65 bits per heavy atom. The van der Waals surface area contributed by atoms with E-state index in [1.165, 1.54) is 10.5 Å². The highest BCUT2D eigenvalue weighted by atomic mass is 32.2. The van der Waals surface area contributed by atoms with Crippen LogP contribution in [0.25, 0.3) is 0 Å². The standard InChI is InChI=1S/C19H21N3O2S2/c1-22-18(12-24-16-8-6-15(23-2)7-9-16)20-21-19(22)26-13-14-4-10-17(25-3)11-5-14/h4-11H,12-13H2,1-3H3. The molecule has 0 saturated heterocycles. The zero-order valence-electron chi connectivity index (χ0n) is 15.0. The van der Waals surface area contributed by atoms with Crippen LogP contribution in [0.5, 0.6) is 11.5 Å². The SMILES string of the molecule is COc1ccc(OCc2nnc(SCc3ccc(SC)cc3)n2C)cc1. The van der Waals surface area contributed by atoms with Crippen LogP contribution >= 0.6 is 23.5 Å². The molecule has 1 aromatic heterocycles. The number of rotatable bonds is 8. The van der Waals surface area contributed by atoms with Crippen LogP contribution in [-0.2, 0) is 19.4 Å². The van der Waals surface area contributed by atoms with Gasteiger partial charge in [0.05, 0.1) is 7.11 Å². The summed E-state index contributed by atoms with van der Waals surface area (Å²) in [5.41, 5.74) is 1.27. The Labute approximate surface area is 162 Å². The van der Waals surface area contributed by atoms with Gasteiger partial charge < -0.3 is 14.0 Å². The lowest BCUT2D eigenvalue weighted by atomic mass is 10.2. The van der Waals surface area contributed by atoms with Crippen molar-refractivity contribution in [3.05, 3.63) is 59.9 Å². The molecule has 0 atom stereocenters. The fourth-order valence-electron chi connectivity index (χ4n) is 2.29. The van der Waals surface area contributed by atoms with E-state index in [1.807, 2.05) is 35.9 Å². The van der Waals surface area contributed by atoms with Crippen molar-refractivity contribution in [2.45, 2.75) is 22.4 Å². The van der Waals surface area contributed by atoms with E-state index in [9.17, 15) is 0 Å². The second kappa shape index (κ2) is 9.00. The number of hydrogen-bond donors (Lipinski definition) is 0. The van der Waals surface area contributed by atoms with Crippen LogP contribution < -0.4 is 9.47 Å². The van der Waals surface area contributed by atoms with Crippen molar-refractivity contribution in [3.8, 4) is 11.5 Å². The Kier molecular flexibility index (Phi) is 6.46. The first kappa shape index (κ1) is 18.7. The molecule has 3 aromatic rings. The van der Waals surface area contributed by atoms with Gasteiger partial charge in [-0.15, -0.1) is 22.0 Å². The maximum absolute atomic E-state index is 5.78. The lowest BCUT2D eigenvalue weighted by Gasteiger charge is -2.07. The van der Waals surface area contributed by atoms with E-state index in [2.05, 4.69) is 40.7 Å². The molecule has 136 valence electrons. The molecule has 7 heteroatoms. The fraction of sp³-hybridized carbons (Fsp3) is 0.263. The van der Waals surface area contributed by atoms with E-state index in [0.717, 1.165) is 28.2 Å². The minimum atomic E-state index is 0.374. The van der Waals surface area contributed by atoms with E-state index < -0.39 is 0 Å². The Morgan fingerprint density at radius 3 is 2.31 bits per heavy atom. The molecule has 2 aromatic carbocycles. The van der Waals surface area contributed by atoms with Gasteiger partial charge in [0.1, 0.15) is 18.1 Å². The van der Waals surface area contributed by atoms with Crippen LogP contribution in [0.1, 0.15) is 11.4 Å². The molecular weight excluding hydrogens is 366 g/mol. The summed E-state index contributed by atoms with van der Waals surface area (Å²) < 4.78 is 12.9. The van der Waals surface area contributed by atoms with Gasteiger partial charge in [-0.25, -0.2) is 0 Å². The number of methoxy groups -OCH3 is 1. The van der Waals surface area contributed by atoms with Crippen LogP contribution in [0.15, 0.2) is 58.6 Å². The molecule has 0 radical (unpaired) electrons. The van der Waals surface area contributed by atoms with Gasteiger partial charge in [-0.2, -0.15) is 0 Å². The highest BCUT2D eigenvalue weighted by Gasteiger charge is 2.10. The van der Waals surface area contributed by atoms with E-state index in [-0.39, 0.29) is 0 Å². The van der Waals surface area contributed by atoms with Crippen molar-refractivity contribution >= 4 is 23.5 Å². The number of benzene rings is 2. The van der Waals surface area contributed by atoms with Gasteiger partial charge in [-0.3, -0.25) is 0 Å². The van der Waals surface area contributed by atoms with Gasteiger partial charge in [0, 0.05) is 17.7 Å². The van der Waals surface area contributed by atoms with Gasteiger partial charge in [0.25, 0.3) is 0 Å². The molecule has 5 nitrogen and oxygen atoms in total. The molecule has 0 saturated carbocycles. The largest absolute Gasteiger partial charge is 0.497 e. The smallest absolute Gasteiger partial charge is 0.191 e. The maximum Gasteiger partial charge on any atom is 0.191 e. The van der Waals surface area contributed by atoms with E-state index in [0.29, 0.717) is 6.61 Å². The van der Waals surface area contributed by atoms with Crippen LogP contribution in [0.2, 0.25) is 0 Å². The molecule has 0 unspecified atom stereocenters. The lowest BCUT2D eigenvalue weighted by molar-refractivity contribution is 0.290. The molecular formula is C19H21N3O2S2. The van der Waals surface area contributed by atoms with Crippen molar-refractivity contribution in [1.29, 1.82) is 0 Å². The van der Waals surface area contributed by atoms with Crippen LogP contribution in [-0.4, -0.2) is 28.1 Å². The maximum atomic E-state index is 5.78. The van der Waals surface area contributed by atoms with Crippen molar-refractivity contribution in [2.75, 3.05) is 13.4 Å². The summed E-state index contributed by atoms with van der Waals surface area (Å²) >= 11 is 3.42. The highest BCUT2D eigenvalue weighted by Crippen LogP contribution is 2.24. The number of thioether (sulfide) groups is 2. The summed E-state index contributed by atoms with van der Waals surface area (Å²) in [5.74, 6) is 3.23. The van der Waals surface area contributed by atoms with Crippen LogP contribution in [0, 0.1) is 0 Å². The Balaban J connectivity index is 1.56.